The second-order valence-electron chi connectivity index (χ2n) is 9.55. The van der Waals surface area contributed by atoms with Crippen molar-refractivity contribution in [2.24, 2.45) is 0 Å². The Morgan fingerprint density at radius 1 is 1.00 bits per heavy atom. The van der Waals surface area contributed by atoms with Gasteiger partial charge >= 0.3 is 0 Å². The summed E-state index contributed by atoms with van der Waals surface area (Å²) in [6, 6.07) is 17.2. The number of hydrogen-bond donors (Lipinski definition) is 2. The lowest BCUT2D eigenvalue weighted by atomic mass is 9.68. The summed E-state index contributed by atoms with van der Waals surface area (Å²) in [5.41, 5.74) is 1.39. The smallest absolute Gasteiger partial charge is 0.279 e. The van der Waals surface area contributed by atoms with Gasteiger partial charge in [0, 0.05) is 38.1 Å². The Bertz CT molecular complexity index is 1070. The van der Waals surface area contributed by atoms with Crippen LogP contribution in [0.5, 0.6) is 5.75 Å². The van der Waals surface area contributed by atoms with E-state index in [4.69, 9.17) is 4.74 Å². The van der Waals surface area contributed by atoms with Crippen LogP contribution in [-0.2, 0) is 15.6 Å². The van der Waals surface area contributed by atoms with Crippen LogP contribution in [0.1, 0.15) is 41.6 Å². The third-order valence-electron chi connectivity index (χ3n) is 6.86. The third kappa shape index (κ3) is 7.04. The number of hydrogen-bond acceptors (Lipinski definition) is 5. The number of likely N-dealkylation sites (N-methyl/N-ethyl adjacent to an activating group) is 2. The second kappa shape index (κ2) is 12.0. The molecule has 0 bridgehead atoms. The number of nitrogens with zero attached hydrogens (tertiary/aromatic N) is 2. The van der Waals surface area contributed by atoms with E-state index in [0.29, 0.717) is 43.8 Å². The summed E-state index contributed by atoms with van der Waals surface area (Å²) >= 11 is 0. The molecule has 0 heterocycles. The zero-order chi connectivity index (χ0) is 25.5. The highest BCUT2D eigenvalue weighted by Crippen LogP contribution is 2.39. The molecule has 9 heteroatoms. The van der Waals surface area contributed by atoms with E-state index in [9.17, 15) is 13.2 Å². The van der Waals surface area contributed by atoms with Crippen molar-refractivity contribution >= 4 is 16.1 Å². The number of nitrogens with one attached hydrogen (secondary N) is 2. The average molecular weight is 503 g/mol. The Morgan fingerprint density at radius 3 is 2.26 bits per heavy atom. The Labute approximate surface area is 209 Å². The number of rotatable bonds is 11. The maximum atomic E-state index is 13.0. The molecule has 192 valence electrons. The quantitative estimate of drug-likeness (QED) is 0.493. The number of carbonyl (C=O) groups is 1. The van der Waals surface area contributed by atoms with E-state index in [1.54, 1.807) is 26.3 Å². The highest BCUT2D eigenvalue weighted by molar-refractivity contribution is 7.87. The summed E-state index contributed by atoms with van der Waals surface area (Å²) < 4.78 is 35.2. The van der Waals surface area contributed by atoms with Crippen LogP contribution in [0.3, 0.4) is 0 Å². The third-order valence-corrected chi connectivity index (χ3v) is 8.49. The molecule has 1 saturated carbocycles. The zero-order valence-corrected chi connectivity index (χ0v) is 22.0. The van der Waals surface area contributed by atoms with E-state index in [1.807, 2.05) is 49.3 Å². The largest absolute Gasteiger partial charge is 0.496 e. The fourth-order valence-corrected chi connectivity index (χ4v) is 5.74. The van der Waals surface area contributed by atoms with Gasteiger partial charge in [-0.3, -0.25) is 4.79 Å². The molecule has 0 saturated heterocycles. The molecule has 8 nitrogen and oxygen atoms in total. The number of amides is 1. The van der Waals surface area contributed by atoms with Crippen molar-refractivity contribution in [2.45, 2.75) is 37.1 Å². The van der Waals surface area contributed by atoms with Gasteiger partial charge in [0.2, 0.25) is 0 Å². The highest BCUT2D eigenvalue weighted by Gasteiger charge is 2.38. The van der Waals surface area contributed by atoms with Gasteiger partial charge in [0.15, 0.2) is 0 Å². The summed E-state index contributed by atoms with van der Waals surface area (Å²) in [4.78, 5) is 14.9. The van der Waals surface area contributed by atoms with Crippen molar-refractivity contribution in [1.29, 1.82) is 0 Å². The standard InChI is InChI=1S/C26H38N4O4S/c1-29(2)18-19-30(3)35(32,33)28-22-14-16-26(17-15-22,21-10-6-5-7-11-21)20-27-25(31)23-12-8-9-13-24(23)34-4/h5-13,22,28H,14-20H2,1-4H3,(H,27,31). The maximum absolute atomic E-state index is 13.0. The van der Waals surface area contributed by atoms with Crippen LogP contribution in [-0.4, -0.2) is 77.5 Å². The number of methoxy groups -OCH3 is 1. The first-order valence-corrected chi connectivity index (χ1v) is 13.5. The van der Waals surface area contributed by atoms with Gasteiger partial charge in [-0.25, -0.2) is 0 Å². The van der Waals surface area contributed by atoms with Gasteiger partial charge in [-0.2, -0.15) is 17.4 Å². The minimum absolute atomic E-state index is 0.136. The predicted octanol–water partition coefficient (Wildman–Crippen LogP) is 2.63. The van der Waals surface area contributed by atoms with Crippen LogP contribution in [0.2, 0.25) is 0 Å². The highest BCUT2D eigenvalue weighted by atomic mass is 32.2. The van der Waals surface area contributed by atoms with Crippen molar-refractivity contribution < 1.29 is 17.9 Å². The van der Waals surface area contributed by atoms with E-state index in [0.717, 1.165) is 18.4 Å². The zero-order valence-electron chi connectivity index (χ0n) is 21.2. The van der Waals surface area contributed by atoms with Gasteiger partial charge in [-0.1, -0.05) is 42.5 Å². The van der Waals surface area contributed by atoms with Gasteiger partial charge in [0.05, 0.1) is 12.7 Å². The van der Waals surface area contributed by atoms with Crippen molar-refractivity contribution in [3.8, 4) is 5.75 Å². The summed E-state index contributed by atoms with van der Waals surface area (Å²) in [6.07, 6.45) is 2.91. The fraction of sp³-hybridized carbons (Fsp3) is 0.500. The first kappa shape index (κ1) is 27.1. The number of ether oxygens (including phenoxy) is 1. The molecule has 0 spiro atoms. The summed E-state index contributed by atoms with van der Waals surface area (Å²) in [5, 5.41) is 3.12. The van der Waals surface area contributed by atoms with Gasteiger partial charge in [0.25, 0.3) is 16.1 Å². The van der Waals surface area contributed by atoms with E-state index in [-0.39, 0.29) is 17.4 Å². The minimum Gasteiger partial charge on any atom is -0.496 e. The molecule has 1 amide bonds. The van der Waals surface area contributed by atoms with Gasteiger partial charge in [0.1, 0.15) is 5.75 Å². The van der Waals surface area contributed by atoms with E-state index in [2.05, 4.69) is 22.2 Å². The van der Waals surface area contributed by atoms with Crippen LogP contribution >= 0.6 is 0 Å². The number of para-hydroxylation sites is 1. The Morgan fingerprint density at radius 2 is 1.63 bits per heavy atom. The molecule has 2 N–H and O–H groups in total. The van der Waals surface area contributed by atoms with Gasteiger partial charge < -0.3 is 15.0 Å². The van der Waals surface area contributed by atoms with E-state index >= 15 is 0 Å². The number of carbonyl (C=O) groups excluding carboxylic acids is 1. The summed E-state index contributed by atoms with van der Waals surface area (Å²) in [6.45, 7) is 1.55. The first-order chi connectivity index (χ1) is 16.7. The fourth-order valence-electron chi connectivity index (χ4n) is 4.59. The van der Waals surface area contributed by atoms with E-state index in [1.165, 1.54) is 4.31 Å². The van der Waals surface area contributed by atoms with Crippen molar-refractivity contribution in [1.82, 2.24) is 19.2 Å². The molecule has 0 aromatic heterocycles. The van der Waals surface area contributed by atoms with Gasteiger partial charge in [-0.15, -0.1) is 0 Å². The monoisotopic (exact) mass is 502 g/mol. The molecule has 0 atom stereocenters. The Balaban J connectivity index is 1.69. The van der Waals surface area contributed by atoms with Crippen LogP contribution in [0.4, 0.5) is 0 Å². The molecule has 0 unspecified atom stereocenters. The normalized spacial score (nSPS) is 20.7. The molecule has 2 aromatic carbocycles. The molecule has 1 aliphatic rings. The topological polar surface area (TPSA) is 91.0 Å². The maximum Gasteiger partial charge on any atom is 0.279 e. The van der Waals surface area contributed by atoms with Crippen LogP contribution < -0.4 is 14.8 Å². The minimum atomic E-state index is -3.55. The van der Waals surface area contributed by atoms with Crippen LogP contribution in [0.25, 0.3) is 0 Å². The molecular weight excluding hydrogens is 464 g/mol. The molecule has 1 aliphatic carbocycles. The lowest BCUT2D eigenvalue weighted by molar-refractivity contribution is 0.0932. The molecule has 0 aliphatic heterocycles. The van der Waals surface area contributed by atoms with Crippen molar-refractivity contribution in [3.63, 3.8) is 0 Å². The molecule has 1 fully saturated rings. The first-order valence-electron chi connectivity index (χ1n) is 12.0. The summed E-state index contributed by atoms with van der Waals surface area (Å²) in [7, 11) is 3.45. The van der Waals surface area contributed by atoms with Crippen molar-refractivity contribution in [3.05, 3.63) is 65.7 Å². The van der Waals surface area contributed by atoms with Crippen LogP contribution in [0, 0.1) is 0 Å². The van der Waals surface area contributed by atoms with Gasteiger partial charge in [-0.05, 0) is 57.5 Å². The Kier molecular flexibility index (Phi) is 9.29. The lowest BCUT2D eigenvalue weighted by Crippen LogP contribution is -2.50. The molecule has 35 heavy (non-hydrogen) atoms. The molecule has 2 aromatic rings. The number of benzene rings is 2. The molecule has 3 rings (SSSR count). The van der Waals surface area contributed by atoms with E-state index < -0.39 is 10.2 Å². The second-order valence-corrected chi connectivity index (χ2v) is 11.4. The molecule has 0 radical (unpaired) electrons. The van der Waals surface area contributed by atoms with Crippen LogP contribution in [0.15, 0.2) is 54.6 Å². The van der Waals surface area contributed by atoms with Crippen molar-refractivity contribution in [2.75, 3.05) is 47.9 Å². The SMILES string of the molecule is COc1ccccc1C(=O)NCC1(c2ccccc2)CCC(NS(=O)(=O)N(C)CCN(C)C)CC1. The molecular formula is C26H38N4O4S. The Hall–Kier alpha value is -2.46. The lowest BCUT2D eigenvalue weighted by Gasteiger charge is -2.41. The summed E-state index contributed by atoms with van der Waals surface area (Å²) in [5.74, 6) is 0.360. The predicted molar refractivity (Wildman–Crippen MR) is 139 cm³/mol. The average Bonchev–Trinajstić information content (AvgIpc) is 2.87.